The zero-order valence-electron chi connectivity index (χ0n) is 12.0. The van der Waals surface area contributed by atoms with Crippen molar-refractivity contribution >= 4 is 11.9 Å². The number of carbonyl (C=O) groups is 2. The number of alkyl halides is 2. The van der Waals surface area contributed by atoms with Crippen LogP contribution in [0.2, 0.25) is 0 Å². The van der Waals surface area contributed by atoms with Crippen LogP contribution in [0.4, 0.5) is 8.78 Å². The van der Waals surface area contributed by atoms with E-state index in [0.717, 1.165) is 4.90 Å². The fourth-order valence-corrected chi connectivity index (χ4v) is 1.69. The number of nitrogens with zero attached hydrogens (tertiary/aromatic N) is 1. The monoisotopic (exact) mass is 317 g/mol. The van der Waals surface area contributed by atoms with Crippen LogP contribution >= 0.6 is 0 Å². The maximum Gasteiger partial charge on any atom is 0.341 e. The molecule has 1 aromatic rings. The van der Waals surface area contributed by atoms with Gasteiger partial charge >= 0.3 is 5.97 Å². The molecule has 0 aliphatic rings. The molecule has 0 aliphatic carbocycles. The number of carboxylic acids is 1. The highest BCUT2D eigenvalue weighted by atomic mass is 19.3. The van der Waals surface area contributed by atoms with Crippen LogP contribution in [0.1, 0.15) is 10.4 Å². The van der Waals surface area contributed by atoms with Gasteiger partial charge in [-0.15, -0.1) is 0 Å². The summed E-state index contributed by atoms with van der Waals surface area (Å²) in [6, 6.07) is 5.73. The minimum atomic E-state index is -2.66. The lowest BCUT2D eigenvalue weighted by Crippen LogP contribution is -2.37. The molecule has 0 heterocycles. The molecular formula is C14H17F2NO5. The Labute approximate surface area is 126 Å². The quantitative estimate of drug-likeness (QED) is 0.747. The minimum Gasteiger partial charge on any atom is -0.482 e. The number of carbonyl (C=O) groups excluding carboxylic acids is 1. The largest absolute Gasteiger partial charge is 0.482 e. The van der Waals surface area contributed by atoms with E-state index in [9.17, 15) is 18.4 Å². The smallest absolute Gasteiger partial charge is 0.341 e. The molecule has 1 rings (SSSR count). The second-order valence-electron chi connectivity index (χ2n) is 4.35. The molecule has 0 bridgehead atoms. The number of halogens is 2. The van der Waals surface area contributed by atoms with Crippen molar-refractivity contribution in [3.63, 3.8) is 0 Å². The Morgan fingerprint density at radius 2 is 2.09 bits per heavy atom. The van der Waals surface area contributed by atoms with E-state index in [2.05, 4.69) is 0 Å². The van der Waals surface area contributed by atoms with Crippen molar-refractivity contribution < 1.29 is 33.0 Å². The number of carboxylic acid groups (broad SMARTS) is 1. The minimum absolute atomic E-state index is 0.0277. The van der Waals surface area contributed by atoms with Gasteiger partial charge in [0.05, 0.1) is 13.2 Å². The summed E-state index contributed by atoms with van der Waals surface area (Å²) >= 11 is 0. The van der Waals surface area contributed by atoms with Crippen LogP contribution in [-0.2, 0) is 9.53 Å². The maximum absolute atomic E-state index is 12.6. The number of rotatable bonds is 9. The predicted molar refractivity (Wildman–Crippen MR) is 73.4 cm³/mol. The molecule has 0 radical (unpaired) electrons. The lowest BCUT2D eigenvalue weighted by atomic mass is 10.2. The van der Waals surface area contributed by atoms with Gasteiger partial charge < -0.3 is 19.5 Å². The Kier molecular flexibility index (Phi) is 7.24. The van der Waals surface area contributed by atoms with Crippen molar-refractivity contribution in [3.8, 4) is 5.75 Å². The Hall–Kier alpha value is -2.22. The highest BCUT2D eigenvalue weighted by Crippen LogP contribution is 2.15. The molecule has 0 saturated carbocycles. The highest BCUT2D eigenvalue weighted by Gasteiger charge is 2.20. The second kappa shape index (κ2) is 8.93. The third-order valence-corrected chi connectivity index (χ3v) is 2.65. The van der Waals surface area contributed by atoms with Crippen molar-refractivity contribution in [2.24, 2.45) is 0 Å². The second-order valence-corrected chi connectivity index (χ2v) is 4.35. The molecule has 0 unspecified atom stereocenters. The SMILES string of the molecule is COCCN(CC(F)F)C(=O)c1cccc(OCC(=O)O)c1. The molecule has 6 nitrogen and oxygen atoms in total. The van der Waals surface area contributed by atoms with Crippen LogP contribution in [-0.4, -0.2) is 61.7 Å². The molecule has 0 fully saturated rings. The number of hydrogen-bond acceptors (Lipinski definition) is 4. The molecular weight excluding hydrogens is 300 g/mol. The molecule has 1 amide bonds. The van der Waals surface area contributed by atoms with E-state index in [-0.39, 0.29) is 24.5 Å². The molecule has 1 aromatic carbocycles. The summed E-state index contributed by atoms with van der Waals surface area (Å²) < 4.78 is 34.9. The van der Waals surface area contributed by atoms with Crippen LogP contribution in [0, 0.1) is 0 Å². The number of benzene rings is 1. The fraction of sp³-hybridized carbons (Fsp3) is 0.429. The third kappa shape index (κ3) is 6.04. The summed E-state index contributed by atoms with van der Waals surface area (Å²) in [6.45, 7) is -1.10. The number of ether oxygens (including phenoxy) is 2. The Morgan fingerprint density at radius 1 is 1.36 bits per heavy atom. The summed E-state index contributed by atoms with van der Waals surface area (Å²) in [6.07, 6.45) is -2.66. The highest BCUT2D eigenvalue weighted by molar-refractivity contribution is 5.94. The van der Waals surface area contributed by atoms with E-state index in [1.54, 1.807) is 0 Å². The number of methoxy groups -OCH3 is 1. The van der Waals surface area contributed by atoms with Gasteiger partial charge in [0.2, 0.25) is 0 Å². The van der Waals surface area contributed by atoms with E-state index in [0.29, 0.717) is 0 Å². The average Bonchev–Trinajstić information content (AvgIpc) is 2.48. The van der Waals surface area contributed by atoms with Crippen molar-refractivity contribution in [1.82, 2.24) is 4.90 Å². The molecule has 0 spiro atoms. The first-order valence-electron chi connectivity index (χ1n) is 6.45. The molecule has 0 aromatic heterocycles. The molecule has 0 saturated heterocycles. The topological polar surface area (TPSA) is 76.1 Å². The van der Waals surface area contributed by atoms with E-state index in [4.69, 9.17) is 14.6 Å². The van der Waals surface area contributed by atoms with Gasteiger partial charge in [0.1, 0.15) is 5.75 Å². The van der Waals surface area contributed by atoms with Crippen LogP contribution in [0.15, 0.2) is 24.3 Å². The maximum atomic E-state index is 12.6. The van der Waals surface area contributed by atoms with Crippen molar-refractivity contribution in [2.45, 2.75) is 6.43 Å². The van der Waals surface area contributed by atoms with Gasteiger partial charge in [0.25, 0.3) is 12.3 Å². The van der Waals surface area contributed by atoms with Gasteiger partial charge in [0, 0.05) is 19.2 Å². The summed E-state index contributed by atoms with van der Waals surface area (Å²) in [5.41, 5.74) is 0.139. The van der Waals surface area contributed by atoms with Gasteiger partial charge in [-0.05, 0) is 18.2 Å². The fourth-order valence-electron chi connectivity index (χ4n) is 1.69. The summed E-state index contributed by atoms with van der Waals surface area (Å²) in [7, 11) is 1.41. The van der Waals surface area contributed by atoms with Gasteiger partial charge in [-0.25, -0.2) is 13.6 Å². The molecule has 0 aliphatic heterocycles. The first-order valence-corrected chi connectivity index (χ1v) is 6.45. The third-order valence-electron chi connectivity index (χ3n) is 2.65. The zero-order valence-corrected chi connectivity index (χ0v) is 12.0. The van der Waals surface area contributed by atoms with Gasteiger partial charge in [-0.2, -0.15) is 0 Å². The van der Waals surface area contributed by atoms with Gasteiger partial charge in [-0.1, -0.05) is 6.07 Å². The molecule has 22 heavy (non-hydrogen) atoms. The Morgan fingerprint density at radius 3 is 2.68 bits per heavy atom. The molecule has 0 atom stereocenters. The first-order chi connectivity index (χ1) is 10.4. The van der Waals surface area contributed by atoms with Crippen LogP contribution in [0.3, 0.4) is 0 Å². The van der Waals surface area contributed by atoms with E-state index < -0.39 is 31.5 Å². The summed E-state index contributed by atoms with van der Waals surface area (Å²) in [5, 5.41) is 8.54. The van der Waals surface area contributed by atoms with E-state index >= 15 is 0 Å². The van der Waals surface area contributed by atoms with Crippen molar-refractivity contribution in [3.05, 3.63) is 29.8 Å². The Bertz CT molecular complexity index is 510. The van der Waals surface area contributed by atoms with Gasteiger partial charge in [0.15, 0.2) is 6.61 Å². The number of amides is 1. The lowest BCUT2D eigenvalue weighted by Gasteiger charge is -2.22. The van der Waals surface area contributed by atoms with Crippen LogP contribution in [0.5, 0.6) is 5.75 Å². The van der Waals surface area contributed by atoms with Crippen LogP contribution in [0.25, 0.3) is 0 Å². The van der Waals surface area contributed by atoms with Crippen molar-refractivity contribution in [2.75, 3.05) is 33.4 Å². The van der Waals surface area contributed by atoms with E-state index in [1.807, 2.05) is 0 Å². The van der Waals surface area contributed by atoms with E-state index in [1.165, 1.54) is 31.4 Å². The molecule has 8 heteroatoms. The summed E-state index contributed by atoms with van der Waals surface area (Å²) in [5.74, 6) is -1.58. The average molecular weight is 317 g/mol. The molecule has 1 N–H and O–H groups in total. The number of hydrogen-bond donors (Lipinski definition) is 1. The first kappa shape index (κ1) is 17.8. The number of aliphatic carboxylic acids is 1. The molecule has 122 valence electrons. The normalized spacial score (nSPS) is 10.5. The standard InChI is InChI=1S/C14H17F2NO5/c1-21-6-5-17(8-12(15)16)14(20)10-3-2-4-11(7-10)22-9-13(18)19/h2-4,7,12H,5-6,8-9H2,1H3,(H,18,19). The summed E-state index contributed by atoms with van der Waals surface area (Å²) in [4.78, 5) is 23.7. The van der Waals surface area contributed by atoms with Crippen molar-refractivity contribution in [1.29, 1.82) is 0 Å². The van der Waals surface area contributed by atoms with Gasteiger partial charge in [-0.3, -0.25) is 4.79 Å². The predicted octanol–water partition coefficient (Wildman–Crippen LogP) is 1.50. The van der Waals surface area contributed by atoms with Crippen LogP contribution < -0.4 is 4.74 Å². The lowest BCUT2D eigenvalue weighted by molar-refractivity contribution is -0.139. The Balaban J connectivity index is 2.83. The zero-order chi connectivity index (χ0) is 16.5.